The lowest BCUT2D eigenvalue weighted by atomic mass is 10.0. The molecule has 4 heteroatoms. The highest BCUT2D eigenvalue weighted by Gasteiger charge is 2.12. The fourth-order valence-corrected chi connectivity index (χ4v) is 2.35. The molecule has 4 nitrogen and oxygen atoms in total. The van der Waals surface area contributed by atoms with Crippen LogP contribution in [0.25, 0.3) is 11.3 Å². The van der Waals surface area contributed by atoms with Crippen LogP contribution in [0.5, 0.6) is 5.75 Å². The van der Waals surface area contributed by atoms with Crippen LogP contribution in [0, 0.1) is 13.8 Å². The van der Waals surface area contributed by atoms with Gasteiger partial charge >= 0.3 is 0 Å². The summed E-state index contributed by atoms with van der Waals surface area (Å²) < 4.78 is 7.46. The Labute approximate surface area is 114 Å². The molecule has 0 saturated heterocycles. The first-order valence-corrected chi connectivity index (χ1v) is 6.44. The van der Waals surface area contributed by atoms with Crippen LogP contribution in [0.1, 0.15) is 17.0 Å². The Balaban J connectivity index is 2.50. The highest BCUT2D eigenvalue weighted by molar-refractivity contribution is 5.66. The number of aromatic nitrogens is 2. The first-order chi connectivity index (χ1) is 9.08. The number of nitrogens with zero attached hydrogens (tertiary/aromatic N) is 2. The van der Waals surface area contributed by atoms with E-state index in [1.165, 1.54) is 11.1 Å². The SMILES string of the molecule is COc1cc(C)c(-c2cnc(CCN)n2C)cc1C. The first kappa shape index (κ1) is 13.6. The molecule has 2 aromatic rings. The van der Waals surface area contributed by atoms with Gasteiger partial charge in [-0.1, -0.05) is 0 Å². The normalized spacial score (nSPS) is 10.8. The third-order valence-electron chi connectivity index (χ3n) is 3.47. The van der Waals surface area contributed by atoms with Gasteiger partial charge in [-0.2, -0.15) is 0 Å². The van der Waals surface area contributed by atoms with Crippen molar-refractivity contribution in [3.05, 3.63) is 35.3 Å². The Morgan fingerprint density at radius 2 is 2.00 bits per heavy atom. The largest absolute Gasteiger partial charge is 0.496 e. The highest BCUT2D eigenvalue weighted by Crippen LogP contribution is 2.30. The van der Waals surface area contributed by atoms with Crippen LogP contribution in [0.2, 0.25) is 0 Å². The maximum atomic E-state index is 5.60. The minimum absolute atomic E-state index is 0.616. The predicted molar refractivity (Wildman–Crippen MR) is 77.4 cm³/mol. The quantitative estimate of drug-likeness (QED) is 0.916. The van der Waals surface area contributed by atoms with Crippen molar-refractivity contribution in [2.75, 3.05) is 13.7 Å². The van der Waals surface area contributed by atoms with E-state index in [1.807, 2.05) is 13.2 Å². The smallest absolute Gasteiger partial charge is 0.122 e. The number of hydrogen-bond acceptors (Lipinski definition) is 3. The molecule has 0 radical (unpaired) electrons. The van der Waals surface area contributed by atoms with Gasteiger partial charge in [0.2, 0.25) is 0 Å². The average molecular weight is 259 g/mol. The molecule has 1 heterocycles. The van der Waals surface area contributed by atoms with Crippen LogP contribution in [-0.4, -0.2) is 23.2 Å². The number of hydrogen-bond donors (Lipinski definition) is 1. The molecule has 2 N–H and O–H groups in total. The van der Waals surface area contributed by atoms with E-state index in [9.17, 15) is 0 Å². The molecule has 19 heavy (non-hydrogen) atoms. The third-order valence-corrected chi connectivity index (χ3v) is 3.47. The van der Waals surface area contributed by atoms with Crippen molar-refractivity contribution < 1.29 is 4.74 Å². The minimum Gasteiger partial charge on any atom is -0.496 e. The summed E-state index contributed by atoms with van der Waals surface area (Å²) in [4.78, 5) is 4.45. The second-order valence-electron chi connectivity index (χ2n) is 4.79. The molecule has 0 saturated carbocycles. The Morgan fingerprint density at radius 1 is 1.26 bits per heavy atom. The molecule has 1 aromatic carbocycles. The number of benzene rings is 1. The number of methoxy groups -OCH3 is 1. The fraction of sp³-hybridized carbons (Fsp3) is 0.400. The Hall–Kier alpha value is -1.81. The molecule has 0 amide bonds. The highest BCUT2D eigenvalue weighted by atomic mass is 16.5. The Morgan fingerprint density at radius 3 is 2.63 bits per heavy atom. The van der Waals surface area contributed by atoms with Crippen molar-refractivity contribution in [1.29, 1.82) is 0 Å². The molecule has 0 bridgehead atoms. The number of imidazole rings is 1. The molecule has 0 fully saturated rings. The lowest BCUT2D eigenvalue weighted by Gasteiger charge is -2.12. The maximum Gasteiger partial charge on any atom is 0.122 e. The molecule has 0 aliphatic carbocycles. The third kappa shape index (κ3) is 2.49. The van der Waals surface area contributed by atoms with Crippen LogP contribution >= 0.6 is 0 Å². The summed E-state index contributed by atoms with van der Waals surface area (Å²) >= 11 is 0. The van der Waals surface area contributed by atoms with E-state index >= 15 is 0 Å². The first-order valence-electron chi connectivity index (χ1n) is 6.44. The Bertz CT molecular complexity index is 587. The van der Waals surface area contributed by atoms with Crippen LogP contribution < -0.4 is 10.5 Å². The minimum atomic E-state index is 0.616. The van der Waals surface area contributed by atoms with Gasteiger partial charge in [0.15, 0.2) is 0 Å². The lowest BCUT2D eigenvalue weighted by Crippen LogP contribution is -2.08. The molecular weight excluding hydrogens is 238 g/mol. The lowest BCUT2D eigenvalue weighted by molar-refractivity contribution is 0.411. The van der Waals surface area contributed by atoms with E-state index in [2.05, 4.69) is 35.5 Å². The van der Waals surface area contributed by atoms with Crippen LogP contribution in [0.4, 0.5) is 0 Å². The Kier molecular flexibility index (Phi) is 3.90. The van der Waals surface area contributed by atoms with Gasteiger partial charge in [-0.3, -0.25) is 0 Å². The molecule has 0 aliphatic heterocycles. The van der Waals surface area contributed by atoms with Crippen molar-refractivity contribution in [1.82, 2.24) is 9.55 Å². The van der Waals surface area contributed by atoms with Crippen LogP contribution in [0.15, 0.2) is 18.3 Å². The summed E-state index contributed by atoms with van der Waals surface area (Å²) in [7, 11) is 3.73. The van der Waals surface area contributed by atoms with E-state index in [-0.39, 0.29) is 0 Å². The van der Waals surface area contributed by atoms with E-state index in [1.54, 1.807) is 7.11 Å². The second-order valence-corrected chi connectivity index (χ2v) is 4.79. The molecule has 0 atom stereocenters. The van der Waals surface area contributed by atoms with E-state index in [0.29, 0.717) is 6.54 Å². The summed E-state index contributed by atoms with van der Waals surface area (Å²) in [6.45, 7) is 4.76. The zero-order valence-corrected chi connectivity index (χ0v) is 12.0. The standard InChI is InChI=1S/C15H21N3O/c1-10-8-14(19-4)11(2)7-12(10)13-9-17-15(5-6-16)18(13)3/h7-9H,5-6,16H2,1-4H3. The molecule has 0 unspecified atom stereocenters. The number of nitrogens with two attached hydrogens (primary N) is 1. The zero-order valence-electron chi connectivity index (χ0n) is 12.0. The summed E-state index contributed by atoms with van der Waals surface area (Å²) in [5, 5.41) is 0. The van der Waals surface area contributed by atoms with Crippen LogP contribution in [-0.2, 0) is 13.5 Å². The van der Waals surface area contributed by atoms with Crippen LogP contribution in [0.3, 0.4) is 0 Å². The van der Waals surface area contributed by atoms with Crippen molar-refractivity contribution in [3.8, 4) is 17.0 Å². The van der Waals surface area contributed by atoms with Gasteiger partial charge in [0.1, 0.15) is 11.6 Å². The molecular formula is C15H21N3O. The van der Waals surface area contributed by atoms with E-state index in [4.69, 9.17) is 10.5 Å². The van der Waals surface area contributed by atoms with Gasteiger partial charge in [0.25, 0.3) is 0 Å². The average Bonchev–Trinajstić information content (AvgIpc) is 2.74. The molecule has 0 spiro atoms. The number of rotatable bonds is 4. The molecule has 1 aromatic heterocycles. The zero-order chi connectivity index (χ0) is 14.0. The molecule has 2 rings (SSSR count). The van der Waals surface area contributed by atoms with Gasteiger partial charge < -0.3 is 15.0 Å². The van der Waals surface area contributed by atoms with Crippen molar-refractivity contribution in [2.45, 2.75) is 20.3 Å². The summed E-state index contributed by atoms with van der Waals surface area (Å²) in [5.74, 6) is 1.94. The molecule has 0 aliphatic rings. The van der Waals surface area contributed by atoms with Gasteiger partial charge in [0, 0.05) is 19.0 Å². The summed E-state index contributed by atoms with van der Waals surface area (Å²) in [5.41, 5.74) is 10.2. The van der Waals surface area contributed by atoms with Crippen molar-refractivity contribution >= 4 is 0 Å². The van der Waals surface area contributed by atoms with E-state index in [0.717, 1.165) is 29.3 Å². The predicted octanol–water partition coefficient (Wildman–Crippen LogP) is 2.21. The molecule has 102 valence electrons. The van der Waals surface area contributed by atoms with Gasteiger partial charge in [0.05, 0.1) is 19.0 Å². The second kappa shape index (κ2) is 5.45. The van der Waals surface area contributed by atoms with E-state index < -0.39 is 0 Å². The van der Waals surface area contributed by atoms with Crippen molar-refractivity contribution in [3.63, 3.8) is 0 Å². The number of aryl methyl sites for hydroxylation is 2. The van der Waals surface area contributed by atoms with Gasteiger partial charge in [-0.15, -0.1) is 0 Å². The topological polar surface area (TPSA) is 53.1 Å². The number of ether oxygens (including phenoxy) is 1. The monoisotopic (exact) mass is 259 g/mol. The maximum absolute atomic E-state index is 5.60. The fourth-order valence-electron chi connectivity index (χ4n) is 2.35. The summed E-state index contributed by atoms with van der Waals surface area (Å²) in [6.07, 6.45) is 2.71. The summed E-state index contributed by atoms with van der Waals surface area (Å²) in [6, 6.07) is 4.22. The van der Waals surface area contributed by atoms with Gasteiger partial charge in [-0.25, -0.2) is 4.98 Å². The van der Waals surface area contributed by atoms with Crippen molar-refractivity contribution in [2.24, 2.45) is 12.8 Å². The van der Waals surface area contributed by atoms with Gasteiger partial charge in [-0.05, 0) is 43.7 Å².